The summed E-state index contributed by atoms with van der Waals surface area (Å²) in [5.41, 5.74) is 3.32. The predicted molar refractivity (Wildman–Crippen MR) is 99.1 cm³/mol. The number of hydrogen-bond acceptors (Lipinski definition) is 4. The molecule has 0 radical (unpaired) electrons. The summed E-state index contributed by atoms with van der Waals surface area (Å²) in [6, 6.07) is 0. The molecule has 1 heterocycles. The minimum atomic E-state index is 0.239. The third-order valence-corrected chi connectivity index (χ3v) is 5.58. The van der Waals surface area contributed by atoms with Crippen molar-refractivity contribution >= 4 is 0 Å². The van der Waals surface area contributed by atoms with Gasteiger partial charge in [0.2, 0.25) is 0 Å². The molecule has 0 aliphatic carbocycles. The van der Waals surface area contributed by atoms with Gasteiger partial charge in [0.05, 0.1) is 0 Å². The molecule has 0 bridgehead atoms. The summed E-state index contributed by atoms with van der Waals surface area (Å²) in [4.78, 5) is 0. The second kappa shape index (κ2) is 12.7. The van der Waals surface area contributed by atoms with Gasteiger partial charge in [0.25, 0.3) is 0 Å². The molecule has 0 unspecified atom stereocenters. The molecule has 0 saturated carbocycles. The summed E-state index contributed by atoms with van der Waals surface area (Å²) >= 11 is 0. The van der Waals surface area contributed by atoms with Crippen LogP contribution in [0.25, 0.3) is 0 Å². The molecule has 0 atom stereocenters. The van der Waals surface area contributed by atoms with E-state index < -0.39 is 0 Å². The molecule has 4 nitrogen and oxygen atoms in total. The van der Waals surface area contributed by atoms with Crippen molar-refractivity contribution in [3.8, 4) is 0 Å². The van der Waals surface area contributed by atoms with Crippen molar-refractivity contribution in [2.45, 2.75) is 116 Å². The second-order valence-electron chi connectivity index (χ2n) is 7.13. The van der Waals surface area contributed by atoms with Crippen LogP contribution in [-0.2, 0) is 0 Å². The Morgan fingerprint density at radius 2 is 1.30 bits per heavy atom. The maximum absolute atomic E-state index is 4.07. The van der Waals surface area contributed by atoms with Crippen LogP contribution in [0.15, 0.2) is 10.3 Å². The minimum Gasteiger partial charge on any atom is -0.219 e. The van der Waals surface area contributed by atoms with Gasteiger partial charge in [-0.05, 0) is 19.3 Å². The first-order valence-corrected chi connectivity index (χ1v) is 10.2. The highest BCUT2D eigenvalue weighted by Gasteiger charge is 2.34. The summed E-state index contributed by atoms with van der Waals surface area (Å²) in [7, 11) is 0. The zero-order valence-corrected chi connectivity index (χ0v) is 15.9. The average molecular weight is 325 g/mol. The Balaban J connectivity index is 2.02. The lowest BCUT2D eigenvalue weighted by molar-refractivity contribution is 0.0399. The Hall–Kier alpha value is -0.640. The van der Waals surface area contributed by atoms with E-state index in [4.69, 9.17) is 0 Å². The van der Waals surface area contributed by atoms with Gasteiger partial charge in [0.15, 0.2) is 0 Å². The topological polar surface area (TPSA) is 40.0 Å². The fourth-order valence-electron chi connectivity index (χ4n) is 3.71. The summed E-state index contributed by atoms with van der Waals surface area (Å²) in [5.74, 6) is 0. The lowest BCUT2D eigenvalue weighted by Gasteiger charge is -2.39. The third-order valence-electron chi connectivity index (χ3n) is 5.58. The standard InChI is InChI=1S/C19H40N4/c1-4-7-8-9-10-11-12-13-14-15-16-17-19(5-2,6-3)23-18-20-21-22-23/h4-18H2,1-3H3,(H,20,22). The van der Waals surface area contributed by atoms with Crippen LogP contribution in [0.2, 0.25) is 0 Å². The molecule has 1 aliphatic rings. The van der Waals surface area contributed by atoms with Gasteiger partial charge in [-0.15, -0.1) is 0 Å². The van der Waals surface area contributed by atoms with Crippen LogP contribution < -0.4 is 5.53 Å². The quantitative estimate of drug-likeness (QED) is 0.354. The van der Waals surface area contributed by atoms with Crippen LogP contribution in [0, 0.1) is 0 Å². The minimum absolute atomic E-state index is 0.239. The molecular weight excluding hydrogens is 284 g/mol. The van der Waals surface area contributed by atoms with Crippen molar-refractivity contribution in [2.24, 2.45) is 10.3 Å². The van der Waals surface area contributed by atoms with E-state index in [1.54, 1.807) is 0 Å². The molecule has 0 aromatic carbocycles. The van der Waals surface area contributed by atoms with E-state index in [0.717, 1.165) is 0 Å². The molecule has 23 heavy (non-hydrogen) atoms. The molecule has 0 aromatic rings. The molecule has 0 saturated heterocycles. The monoisotopic (exact) mass is 324 g/mol. The Morgan fingerprint density at radius 1 is 0.783 bits per heavy atom. The first-order valence-electron chi connectivity index (χ1n) is 10.2. The van der Waals surface area contributed by atoms with Crippen LogP contribution in [-0.4, -0.2) is 17.2 Å². The van der Waals surface area contributed by atoms with Gasteiger partial charge in [0.1, 0.15) is 6.67 Å². The van der Waals surface area contributed by atoms with Crippen LogP contribution in [0.1, 0.15) is 111 Å². The Morgan fingerprint density at radius 3 is 1.74 bits per heavy atom. The maximum Gasteiger partial charge on any atom is 0.134 e. The number of rotatable bonds is 15. The van der Waals surface area contributed by atoms with Gasteiger partial charge in [-0.3, -0.25) is 0 Å². The molecule has 136 valence electrons. The van der Waals surface area contributed by atoms with Gasteiger partial charge in [0, 0.05) is 5.54 Å². The van der Waals surface area contributed by atoms with Crippen LogP contribution in [0.5, 0.6) is 0 Å². The molecule has 0 fully saturated rings. The van der Waals surface area contributed by atoms with E-state index in [9.17, 15) is 0 Å². The van der Waals surface area contributed by atoms with E-state index in [2.05, 4.69) is 41.7 Å². The zero-order chi connectivity index (χ0) is 16.8. The lowest BCUT2D eigenvalue weighted by atomic mass is 9.86. The summed E-state index contributed by atoms with van der Waals surface area (Å²) in [5, 5.41) is 10.2. The number of unbranched alkanes of at least 4 members (excludes halogenated alkanes) is 10. The SMILES string of the molecule is CCCCCCCCCCCCCC(CC)(CC)N1CN=NN1. The largest absolute Gasteiger partial charge is 0.219 e. The zero-order valence-electron chi connectivity index (χ0n) is 15.9. The highest BCUT2D eigenvalue weighted by Crippen LogP contribution is 2.30. The summed E-state index contributed by atoms with van der Waals surface area (Å²) < 4.78 is 0. The molecule has 0 spiro atoms. The summed E-state index contributed by atoms with van der Waals surface area (Å²) in [6.07, 6.45) is 19.1. The Bertz CT molecular complexity index is 292. The number of hydrogen-bond donors (Lipinski definition) is 1. The first-order chi connectivity index (χ1) is 11.3. The fraction of sp³-hybridized carbons (Fsp3) is 1.00. The van der Waals surface area contributed by atoms with Gasteiger partial charge in [-0.2, -0.15) is 10.1 Å². The van der Waals surface area contributed by atoms with E-state index in [-0.39, 0.29) is 5.54 Å². The Labute approximate surface area is 144 Å². The van der Waals surface area contributed by atoms with Crippen LogP contribution in [0.4, 0.5) is 0 Å². The molecule has 0 aromatic heterocycles. The van der Waals surface area contributed by atoms with Crippen LogP contribution >= 0.6 is 0 Å². The van der Waals surface area contributed by atoms with Crippen molar-refractivity contribution < 1.29 is 0 Å². The highest BCUT2D eigenvalue weighted by atomic mass is 15.8. The summed E-state index contributed by atoms with van der Waals surface area (Å²) in [6.45, 7) is 7.58. The van der Waals surface area contributed by atoms with Gasteiger partial charge in [-0.1, -0.05) is 96.6 Å². The molecule has 4 heteroatoms. The second-order valence-corrected chi connectivity index (χ2v) is 7.13. The molecule has 1 N–H and O–H groups in total. The van der Waals surface area contributed by atoms with Crippen molar-refractivity contribution in [3.63, 3.8) is 0 Å². The number of nitrogens with one attached hydrogen (secondary N) is 1. The highest BCUT2D eigenvalue weighted by molar-refractivity contribution is 4.86. The third kappa shape index (κ3) is 7.65. The van der Waals surface area contributed by atoms with Gasteiger partial charge < -0.3 is 0 Å². The van der Waals surface area contributed by atoms with Crippen molar-refractivity contribution in [1.29, 1.82) is 0 Å². The first kappa shape index (κ1) is 20.4. The van der Waals surface area contributed by atoms with E-state index in [0.29, 0.717) is 6.67 Å². The normalized spacial score (nSPS) is 15.3. The molecule has 1 aliphatic heterocycles. The van der Waals surface area contributed by atoms with Crippen molar-refractivity contribution in [3.05, 3.63) is 0 Å². The van der Waals surface area contributed by atoms with Gasteiger partial charge in [-0.25, -0.2) is 5.53 Å². The molecule has 1 rings (SSSR count). The predicted octanol–water partition coefficient (Wildman–Crippen LogP) is 6.39. The van der Waals surface area contributed by atoms with E-state index in [1.807, 2.05) is 0 Å². The number of nitrogens with zero attached hydrogens (tertiary/aromatic N) is 3. The van der Waals surface area contributed by atoms with E-state index in [1.165, 1.54) is 89.9 Å². The van der Waals surface area contributed by atoms with Crippen molar-refractivity contribution in [1.82, 2.24) is 10.5 Å². The molecule has 0 amide bonds. The average Bonchev–Trinajstić information content (AvgIpc) is 3.12. The Kier molecular flexibility index (Phi) is 11.3. The maximum atomic E-state index is 4.07. The lowest BCUT2D eigenvalue weighted by Crippen LogP contribution is -2.51. The van der Waals surface area contributed by atoms with Crippen LogP contribution in [0.3, 0.4) is 0 Å². The van der Waals surface area contributed by atoms with Crippen molar-refractivity contribution in [2.75, 3.05) is 6.67 Å². The fourth-order valence-corrected chi connectivity index (χ4v) is 3.71. The smallest absolute Gasteiger partial charge is 0.134 e. The number of hydrazine groups is 1. The van der Waals surface area contributed by atoms with Gasteiger partial charge >= 0.3 is 0 Å². The van der Waals surface area contributed by atoms with E-state index >= 15 is 0 Å². The molecular formula is C19H40N4.